The number of nitrogens with zero attached hydrogens (tertiary/aromatic N) is 3. The lowest BCUT2D eigenvalue weighted by atomic mass is 10.2. The predicted octanol–water partition coefficient (Wildman–Crippen LogP) is 3.19. The Morgan fingerprint density at radius 2 is 1.77 bits per heavy atom. The highest BCUT2D eigenvalue weighted by Crippen LogP contribution is 2.23. The molecule has 0 radical (unpaired) electrons. The Bertz CT molecular complexity index is 850. The number of likely N-dealkylation sites (N-methyl/N-ethyl adjacent to an activating group) is 1. The lowest BCUT2D eigenvalue weighted by molar-refractivity contribution is 0.246. The third-order valence-corrected chi connectivity index (χ3v) is 3.97. The van der Waals surface area contributed by atoms with Crippen LogP contribution in [0.5, 0.6) is 11.8 Å². The molecule has 0 saturated heterocycles. The van der Waals surface area contributed by atoms with E-state index in [1.807, 2.05) is 62.6 Å². The van der Waals surface area contributed by atoms with Gasteiger partial charge in [0.1, 0.15) is 18.2 Å². The number of hydrogen-bond donors (Lipinski definition) is 1. The van der Waals surface area contributed by atoms with Crippen LogP contribution in [0.4, 0.5) is 5.82 Å². The van der Waals surface area contributed by atoms with Gasteiger partial charge in [0.25, 0.3) is 0 Å². The highest BCUT2D eigenvalue weighted by atomic mass is 16.5. The average molecular weight is 352 g/mol. The molecule has 2 aromatic carbocycles. The van der Waals surface area contributed by atoms with Crippen LogP contribution in [-0.2, 0) is 6.54 Å². The van der Waals surface area contributed by atoms with Crippen molar-refractivity contribution >= 4 is 16.7 Å². The lowest BCUT2D eigenvalue weighted by Gasteiger charge is -2.13. The SMILES string of the molecule is COc1ccc(CNc2nc(OCCN(C)C)nc3ccccc23)cc1. The van der Waals surface area contributed by atoms with Gasteiger partial charge in [-0.25, -0.2) is 0 Å². The lowest BCUT2D eigenvalue weighted by Crippen LogP contribution is -2.20. The molecule has 3 rings (SSSR count). The molecule has 0 spiro atoms. The standard InChI is InChI=1S/C20H24N4O2/c1-24(2)12-13-26-20-22-18-7-5-4-6-17(18)19(23-20)21-14-15-8-10-16(25-3)11-9-15/h4-11H,12-14H2,1-3H3,(H,21,22,23). The summed E-state index contributed by atoms with van der Waals surface area (Å²) < 4.78 is 10.9. The molecule has 3 aromatic rings. The molecule has 136 valence electrons. The zero-order valence-electron chi connectivity index (χ0n) is 15.4. The van der Waals surface area contributed by atoms with E-state index in [1.54, 1.807) is 7.11 Å². The summed E-state index contributed by atoms with van der Waals surface area (Å²) in [5.41, 5.74) is 2.00. The zero-order chi connectivity index (χ0) is 18.4. The zero-order valence-corrected chi connectivity index (χ0v) is 15.4. The van der Waals surface area contributed by atoms with Crippen LogP contribution < -0.4 is 14.8 Å². The molecule has 1 heterocycles. The molecule has 1 N–H and O–H groups in total. The van der Waals surface area contributed by atoms with Gasteiger partial charge in [-0.15, -0.1) is 0 Å². The Balaban J connectivity index is 1.78. The number of methoxy groups -OCH3 is 1. The van der Waals surface area contributed by atoms with E-state index in [0.29, 0.717) is 19.2 Å². The molecule has 0 aliphatic carbocycles. The molecule has 0 bridgehead atoms. The minimum absolute atomic E-state index is 0.391. The van der Waals surface area contributed by atoms with Crippen LogP contribution in [0.1, 0.15) is 5.56 Å². The van der Waals surface area contributed by atoms with Crippen molar-refractivity contribution in [1.29, 1.82) is 0 Å². The van der Waals surface area contributed by atoms with E-state index < -0.39 is 0 Å². The third kappa shape index (κ3) is 4.61. The molecule has 0 saturated carbocycles. The fraction of sp³-hybridized carbons (Fsp3) is 0.300. The number of rotatable bonds is 8. The number of anilines is 1. The van der Waals surface area contributed by atoms with Gasteiger partial charge >= 0.3 is 6.01 Å². The maximum Gasteiger partial charge on any atom is 0.318 e. The van der Waals surface area contributed by atoms with Crippen molar-refractivity contribution in [2.24, 2.45) is 0 Å². The minimum atomic E-state index is 0.391. The Kier molecular flexibility index (Phi) is 5.86. The summed E-state index contributed by atoms with van der Waals surface area (Å²) in [6.07, 6.45) is 0. The van der Waals surface area contributed by atoms with Gasteiger partial charge in [0.2, 0.25) is 0 Å². The van der Waals surface area contributed by atoms with Crippen molar-refractivity contribution in [2.75, 3.05) is 39.7 Å². The van der Waals surface area contributed by atoms with Gasteiger partial charge in [-0.3, -0.25) is 0 Å². The van der Waals surface area contributed by atoms with Gasteiger partial charge in [0, 0.05) is 18.5 Å². The number of hydrogen-bond acceptors (Lipinski definition) is 6. The molecule has 26 heavy (non-hydrogen) atoms. The highest BCUT2D eigenvalue weighted by Gasteiger charge is 2.08. The van der Waals surface area contributed by atoms with Crippen LogP contribution in [0.25, 0.3) is 10.9 Å². The first-order valence-corrected chi connectivity index (χ1v) is 8.57. The van der Waals surface area contributed by atoms with Gasteiger partial charge in [-0.1, -0.05) is 24.3 Å². The Morgan fingerprint density at radius 3 is 2.50 bits per heavy atom. The summed E-state index contributed by atoms with van der Waals surface area (Å²) in [4.78, 5) is 11.1. The average Bonchev–Trinajstić information content (AvgIpc) is 2.66. The van der Waals surface area contributed by atoms with Crippen LogP contribution in [0.2, 0.25) is 0 Å². The van der Waals surface area contributed by atoms with Crippen LogP contribution in [0.15, 0.2) is 48.5 Å². The van der Waals surface area contributed by atoms with Crippen LogP contribution in [-0.4, -0.2) is 49.2 Å². The second-order valence-corrected chi connectivity index (χ2v) is 6.23. The first-order valence-electron chi connectivity index (χ1n) is 8.57. The van der Waals surface area contributed by atoms with E-state index in [2.05, 4.69) is 20.2 Å². The van der Waals surface area contributed by atoms with E-state index in [-0.39, 0.29) is 0 Å². The quantitative estimate of drug-likeness (QED) is 0.672. The number of fused-ring (bicyclic) bond motifs is 1. The third-order valence-electron chi connectivity index (χ3n) is 3.97. The number of nitrogens with one attached hydrogen (secondary N) is 1. The molecule has 0 fully saturated rings. The molecule has 0 aliphatic heterocycles. The van der Waals surface area contributed by atoms with Crippen LogP contribution in [0.3, 0.4) is 0 Å². The molecular weight excluding hydrogens is 328 g/mol. The minimum Gasteiger partial charge on any atom is -0.497 e. The smallest absolute Gasteiger partial charge is 0.318 e. The summed E-state index contributed by atoms with van der Waals surface area (Å²) in [6.45, 7) is 2.01. The first-order chi connectivity index (χ1) is 12.7. The molecule has 0 atom stereocenters. The van der Waals surface area contributed by atoms with Crippen molar-refractivity contribution in [1.82, 2.24) is 14.9 Å². The van der Waals surface area contributed by atoms with Crippen LogP contribution in [0, 0.1) is 0 Å². The molecule has 1 aromatic heterocycles. The normalized spacial score (nSPS) is 10.9. The summed E-state index contributed by atoms with van der Waals surface area (Å²) >= 11 is 0. The first kappa shape index (κ1) is 17.9. The van der Waals surface area contributed by atoms with Crippen molar-refractivity contribution in [3.8, 4) is 11.8 Å². The molecule has 0 amide bonds. The van der Waals surface area contributed by atoms with Gasteiger partial charge in [-0.2, -0.15) is 9.97 Å². The Hall–Kier alpha value is -2.86. The largest absolute Gasteiger partial charge is 0.497 e. The van der Waals surface area contributed by atoms with E-state index in [0.717, 1.165) is 34.6 Å². The van der Waals surface area contributed by atoms with E-state index >= 15 is 0 Å². The van der Waals surface area contributed by atoms with Crippen molar-refractivity contribution in [3.63, 3.8) is 0 Å². The summed E-state index contributed by atoms with van der Waals surface area (Å²) in [5.74, 6) is 1.61. The topological polar surface area (TPSA) is 59.5 Å². The maximum atomic E-state index is 5.73. The van der Waals surface area contributed by atoms with Gasteiger partial charge < -0.3 is 19.7 Å². The number of benzene rings is 2. The van der Waals surface area contributed by atoms with E-state index in [1.165, 1.54) is 0 Å². The van der Waals surface area contributed by atoms with Crippen molar-refractivity contribution in [3.05, 3.63) is 54.1 Å². The van der Waals surface area contributed by atoms with Crippen molar-refractivity contribution < 1.29 is 9.47 Å². The fourth-order valence-corrected chi connectivity index (χ4v) is 2.50. The van der Waals surface area contributed by atoms with Crippen molar-refractivity contribution in [2.45, 2.75) is 6.54 Å². The number of aromatic nitrogens is 2. The second kappa shape index (κ2) is 8.49. The number of para-hydroxylation sites is 1. The predicted molar refractivity (Wildman–Crippen MR) is 104 cm³/mol. The van der Waals surface area contributed by atoms with Gasteiger partial charge in [-0.05, 0) is 43.9 Å². The second-order valence-electron chi connectivity index (χ2n) is 6.23. The summed E-state index contributed by atoms with van der Waals surface area (Å²) in [6, 6.07) is 16.3. The van der Waals surface area contributed by atoms with Crippen LogP contribution >= 0.6 is 0 Å². The summed E-state index contributed by atoms with van der Waals surface area (Å²) in [7, 11) is 5.68. The van der Waals surface area contributed by atoms with Gasteiger partial charge in [0.05, 0.1) is 12.6 Å². The maximum absolute atomic E-state index is 5.73. The van der Waals surface area contributed by atoms with Gasteiger partial charge in [0.15, 0.2) is 0 Å². The Morgan fingerprint density at radius 1 is 1.00 bits per heavy atom. The van der Waals surface area contributed by atoms with E-state index in [9.17, 15) is 0 Å². The molecule has 6 heteroatoms. The molecule has 6 nitrogen and oxygen atoms in total. The molecule has 0 unspecified atom stereocenters. The number of ether oxygens (including phenoxy) is 2. The van der Waals surface area contributed by atoms with E-state index in [4.69, 9.17) is 9.47 Å². The molecule has 0 aliphatic rings. The Labute approximate surface area is 153 Å². The fourth-order valence-electron chi connectivity index (χ4n) is 2.50. The monoisotopic (exact) mass is 352 g/mol. The molecular formula is C20H24N4O2. The highest BCUT2D eigenvalue weighted by molar-refractivity contribution is 5.89. The summed E-state index contributed by atoms with van der Waals surface area (Å²) in [5, 5.41) is 4.37.